The molecule has 0 saturated heterocycles. The number of hydrogen-bond acceptors (Lipinski definition) is 6. The van der Waals surface area contributed by atoms with E-state index in [1.54, 1.807) is 0 Å². The standard InChI is InChI=1S/C34H55ClO6Si4/c1-12-38-27-16-13-24(14-17-27)19-26-20-25(15-18-29(26)35)30-31(36)28(21-37-22-42(2)3)32(39-23-43(4)5)34(41-45(9,10)11)33(30)40-44(6,7)8/h13-18,20,28,30,32-34H,12,19,21-23H2,1-11H3/t28-,30+,32+,33-,34-/m0/s1. The smallest absolute Gasteiger partial charge is 0.184 e. The first-order chi connectivity index (χ1) is 21.0. The lowest BCUT2D eigenvalue weighted by atomic mass is 9.71. The zero-order valence-electron chi connectivity index (χ0n) is 29.3. The van der Waals surface area contributed by atoms with Gasteiger partial charge >= 0.3 is 0 Å². The van der Waals surface area contributed by atoms with Gasteiger partial charge in [-0.1, -0.05) is 62.1 Å². The predicted octanol–water partition coefficient (Wildman–Crippen LogP) is 8.04. The zero-order valence-corrected chi connectivity index (χ0v) is 34.0. The van der Waals surface area contributed by atoms with Crippen LogP contribution in [0.4, 0.5) is 0 Å². The van der Waals surface area contributed by atoms with Crippen molar-refractivity contribution in [2.75, 3.05) is 25.7 Å². The normalized spacial score (nSPS) is 22.8. The van der Waals surface area contributed by atoms with E-state index in [9.17, 15) is 4.79 Å². The highest BCUT2D eigenvalue weighted by Gasteiger charge is 2.54. The quantitative estimate of drug-likeness (QED) is 0.165. The maximum atomic E-state index is 14.8. The zero-order chi connectivity index (χ0) is 33.5. The largest absolute Gasteiger partial charge is 0.494 e. The third-order valence-electron chi connectivity index (χ3n) is 7.33. The second-order valence-corrected chi connectivity index (χ2v) is 29.4. The van der Waals surface area contributed by atoms with Crippen molar-refractivity contribution in [2.45, 2.75) is 103 Å². The summed E-state index contributed by atoms with van der Waals surface area (Å²) in [4.78, 5) is 14.8. The van der Waals surface area contributed by atoms with Gasteiger partial charge in [-0.05, 0) is 87.5 Å². The SMILES string of the molecule is CCOc1ccc(Cc2cc([C@@H]3C(=O)[C@H](COC[Si](C)C)[C@@H](OC[Si](C)C)[C@H](O[Si](C)(C)C)[C@H]3O[Si](C)(C)C)ccc2Cl)cc1. The number of halogens is 1. The van der Waals surface area contributed by atoms with Crippen LogP contribution < -0.4 is 4.74 Å². The molecule has 6 nitrogen and oxygen atoms in total. The molecule has 1 aliphatic carbocycles. The van der Waals surface area contributed by atoms with Crippen LogP contribution >= 0.6 is 11.6 Å². The predicted molar refractivity (Wildman–Crippen MR) is 195 cm³/mol. The Morgan fingerprint density at radius 1 is 0.800 bits per heavy atom. The van der Waals surface area contributed by atoms with Gasteiger partial charge < -0.3 is 23.1 Å². The highest BCUT2D eigenvalue weighted by atomic mass is 35.5. The van der Waals surface area contributed by atoms with E-state index in [0.29, 0.717) is 37.1 Å². The Hall–Kier alpha value is -1.09. The van der Waals surface area contributed by atoms with Crippen LogP contribution in [0.5, 0.6) is 5.75 Å². The van der Waals surface area contributed by atoms with Gasteiger partial charge in [0.15, 0.2) is 22.4 Å². The summed E-state index contributed by atoms with van der Waals surface area (Å²) in [5.41, 5.74) is 3.00. The molecule has 0 N–H and O–H groups in total. The van der Waals surface area contributed by atoms with E-state index in [-0.39, 0.29) is 11.9 Å². The Kier molecular flexibility index (Phi) is 14.3. The van der Waals surface area contributed by atoms with Gasteiger partial charge in [-0.3, -0.25) is 4.79 Å². The van der Waals surface area contributed by atoms with E-state index < -0.39 is 58.3 Å². The summed E-state index contributed by atoms with van der Waals surface area (Å²) in [6.45, 7) is 25.0. The van der Waals surface area contributed by atoms with Crippen molar-refractivity contribution in [3.8, 4) is 5.75 Å². The highest BCUT2D eigenvalue weighted by Crippen LogP contribution is 2.42. The Morgan fingerprint density at radius 2 is 1.40 bits per heavy atom. The van der Waals surface area contributed by atoms with Crippen LogP contribution in [0.15, 0.2) is 42.5 Å². The number of Topliss-reactive ketones (excluding diaryl/α,β-unsaturated/α-hetero) is 1. The molecule has 250 valence electrons. The molecule has 2 radical (unpaired) electrons. The molecule has 0 aliphatic heterocycles. The third-order valence-corrected chi connectivity index (χ3v) is 11.2. The minimum atomic E-state index is -2.13. The van der Waals surface area contributed by atoms with E-state index in [1.807, 2.05) is 31.2 Å². The monoisotopic (exact) mass is 706 g/mol. The first-order valence-electron chi connectivity index (χ1n) is 16.2. The summed E-state index contributed by atoms with van der Waals surface area (Å²) < 4.78 is 32.5. The molecular weight excluding hydrogens is 652 g/mol. The van der Waals surface area contributed by atoms with Gasteiger partial charge in [0.2, 0.25) is 0 Å². The van der Waals surface area contributed by atoms with Gasteiger partial charge in [-0.15, -0.1) is 0 Å². The van der Waals surface area contributed by atoms with E-state index in [4.69, 9.17) is 34.7 Å². The molecule has 0 heterocycles. The minimum Gasteiger partial charge on any atom is -0.494 e. The van der Waals surface area contributed by atoms with Crippen LogP contribution in [-0.4, -0.2) is 84.0 Å². The third kappa shape index (κ3) is 11.8. The van der Waals surface area contributed by atoms with Crippen LogP contribution in [0.1, 0.15) is 29.5 Å². The van der Waals surface area contributed by atoms with Crippen molar-refractivity contribution in [3.63, 3.8) is 0 Å². The fourth-order valence-corrected chi connectivity index (χ4v) is 9.06. The Balaban J connectivity index is 2.12. The molecule has 3 rings (SSSR count). The minimum absolute atomic E-state index is 0.106. The van der Waals surface area contributed by atoms with Crippen molar-refractivity contribution >= 4 is 51.6 Å². The van der Waals surface area contributed by atoms with Crippen molar-refractivity contribution in [1.29, 1.82) is 0 Å². The van der Waals surface area contributed by atoms with E-state index in [2.05, 4.69) is 83.7 Å². The lowest BCUT2D eigenvalue weighted by molar-refractivity contribution is -0.162. The summed E-state index contributed by atoms with van der Waals surface area (Å²) in [7, 11) is -5.54. The molecule has 11 heteroatoms. The lowest BCUT2D eigenvalue weighted by Gasteiger charge is -2.49. The van der Waals surface area contributed by atoms with Crippen LogP contribution in [-0.2, 0) is 29.5 Å². The number of hydrogen-bond donors (Lipinski definition) is 0. The second kappa shape index (κ2) is 16.8. The first-order valence-corrected chi connectivity index (χ1v) is 28.8. The van der Waals surface area contributed by atoms with Gasteiger partial charge in [-0.2, -0.15) is 0 Å². The molecule has 2 aromatic carbocycles. The molecule has 2 aromatic rings. The fraction of sp³-hybridized carbons (Fsp3) is 0.618. The van der Waals surface area contributed by atoms with E-state index in [1.165, 1.54) is 0 Å². The molecule has 0 aromatic heterocycles. The molecule has 0 amide bonds. The Morgan fingerprint density at radius 3 is 1.96 bits per heavy atom. The van der Waals surface area contributed by atoms with Crippen molar-refractivity contribution in [2.24, 2.45) is 5.92 Å². The number of carbonyl (C=O) groups excluding carboxylic acids is 1. The van der Waals surface area contributed by atoms with Gasteiger partial charge in [-0.25, -0.2) is 0 Å². The average Bonchev–Trinajstić information content (AvgIpc) is 2.91. The number of rotatable bonds is 16. The lowest BCUT2D eigenvalue weighted by Crippen LogP contribution is -2.62. The van der Waals surface area contributed by atoms with E-state index in [0.717, 1.165) is 22.4 Å². The Bertz CT molecular complexity index is 1230. The van der Waals surface area contributed by atoms with E-state index >= 15 is 0 Å². The highest BCUT2D eigenvalue weighted by molar-refractivity contribution is 6.70. The maximum Gasteiger partial charge on any atom is 0.184 e. The van der Waals surface area contributed by atoms with Crippen molar-refractivity contribution in [3.05, 3.63) is 64.2 Å². The molecule has 0 unspecified atom stereocenters. The molecule has 0 spiro atoms. The molecule has 45 heavy (non-hydrogen) atoms. The molecular formula is C34H55ClO6Si4. The number of ketones is 1. The van der Waals surface area contributed by atoms with Gasteiger partial charge in [0.25, 0.3) is 0 Å². The molecule has 0 bridgehead atoms. The maximum absolute atomic E-state index is 14.8. The number of carbonyl (C=O) groups is 1. The molecule has 1 saturated carbocycles. The summed E-state index contributed by atoms with van der Waals surface area (Å²) >= 11 is 6.79. The first kappa shape index (κ1) is 38.4. The van der Waals surface area contributed by atoms with Crippen molar-refractivity contribution in [1.82, 2.24) is 0 Å². The molecule has 1 aliphatic rings. The van der Waals surface area contributed by atoms with Crippen LogP contribution in [0.2, 0.25) is 70.5 Å². The van der Waals surface area contributed by atoms with Crippen LogP contribution in [0.25, 0.3) is 0 Å². The fourth-order valence-electron chi connectivity index (χ4n) is 5.65. The van der Waals surface area contributed by atoms with Gasteiger partial charge in [0.05, 0.1) is 61.0 Å². The van der Waals surface area contributed by atoms with Crippen LogP contribution in [0, 0.1) is 5.92 Å². The number of benzene rings is 2. The number of ether oxygens (including phenoxy) is 3. The second-order valence-electron chi connectivity index (χ2n) is 14.7. The Labute approximate surface area is 283 Å². The topological polar surface area (TPSA) is 63.2 Å². The van der Waals surface area contributed by atoms with Crippen LogP contribution in [0.3, 0.4) is 0 Å². The summed E-state index contributed by atoms with van der Waals surface area (Å²) in [5.74, 6) is -0.0257. The van der Waals surface area contributed by atoms with Gasteiger partial charge in [0, 0.05) is 17.5 Å². The summed E-state index contributed by atoms with van der Waals surface area (Å²) in [6.07, 6.45) is 0.671. The molecule has 5 atom stereocenters. The van der Waals surface area contributed by atoms with Crippen molar-refractivity contribution < 1.29 is 27.9 Å². The average molecular weight is 708 g/mol. The molecule has 1 fully saturated rings. The summed E-state index contributed by atoms with van der Waals surface area (Å²) in [5, 5.41) is 0.677. The summed E-state index contributed by atoms with van der Waals surface area (Å²) in [6, 6.07) is 14.1. The van der Waals surface area contributed by atoms with Gasteiger partial charge in [0.1, 0.15) is 5.75 Å².